The molecule has 0 bridgehead atoms. The Hall–Kier alpha value is -1.95. The van der Waals surface area contributed by atoms with Gasteiger partial charge >= 0.3 is 0 Å². The quantitative estimate of drug-likeness (QED) is 0.794. The van der Waals surface area contributed by atoms with Gasteiger partial charge in [0.25, 0.3) is 5.56 Å². The molecule has 0 saturated heterocycles. The van der Waals surface area contributed by atoms with E-state index in [1.807, 2.05) is 20.2 Å². The van der Waals surface area contributed by atoms with Gasteiger partial charge in [0.05, 0.1) is 11.4 Å². The van der Waals surface area contributed by atoms with E-state index in [0.717, 1.165) is 43.1 Å². The topological polar surface area (TPSA) is 56.0 Å². The molecule has 0 amide bonds. The molecule has 3 heterocycles. The summed E-state index contributed by atoms with van der Waals surface area (Å²) in [4.78, 5) is 18.3. The Morgan fingerprint density at radius 3 is 2.85 bits per heavy atom. The third-order valence-electron chi connectivity index (χ3n) is 4.02. The van der Waals surface area contributed by atoms with E-state index in [2.05, 4.69) is 19.5 Å². The van der Waals surface area contributed by atoms with E-state index >= 15 is 0 Å². The number of aromatic nitrogens is 4. The number of rotatable bonds is 2. The average Bonchev–Trinajstić information content (AvgIpc) is 2.72. The zero-order chi connectivity index (χ0) is 14.3. The highest BCUT2D eigenvalue weighted by atomic mass is 16.1. The molecule has 0 fully saturated rings. The van der Waals surface area contributed by atoms with Crippen molar-refractivity contribution in [1.29, 1.82) is 0 Å². The van der Waals surface area contributed by atoms with E-state index in [1.54, 1.807) is 13.1 Å². The summed E-state index contributed by atoms with van der Waals surface area (Å²) in [6.45, 7) is 4.60. The zero-order valence-electron chi connectivity index (χ0n) is 12.1. The van der Waals surface area contributed by atoms with Gasteiger partial charge < -0.3 is 4.57 Å². The largest absolute Gasteiger partial charge is 0.334 e. The molecule has 1 aliphatic heterocycles. The maximum absolute atomic E-state index is 11.7. The van der Waals surface area contributed by atoms with Crippen molar-refractivity contribution in [2.45, 2.75) is 26.4 Å². The van der Waals surface area contributed by atoms with Crippen LogP contribution in [0.3, 0.4) is 0 Å². The summed E-state index contributed by atoms with van der Waals surface area (Å²) in [6, 6.07) is 1.71. The van der Waals surface area contributed by atoms with Gasteiger partial charge in [0.1, 0.15) is 5.82 Å². The van der Waals surface area contributed by atoms with Crippen molar-refractivity contribution < 1.29 is 0 Å². The number of imidazole rings is 1. The first-order valence-electron chi connectivity index (χ1n) is 6.80. The molecule has 0 saturated carbocycles. The second kappa shape index (κ2) is 4.86. The Balaban J connectivity index is 1.80. The highest BCUT2D eigenvalue weighted by Gasteiger charge is 2.19. The van der Waals surface area contributed by atoms with Crippen molar-refractivity contribution in [3.8, 4) is 0 Å². The summed E-state index contributed by atoms with van der Waals surface area (Å²) in [5.41, 5.74) is 3.26. The van der Waals surface area contributed by atoms with E-state index in [-0.39, 0.29) is 5.56 Å². The minimum absolute atomic E-state index is 0.0398. The molecule has 1 aliphatic rings. The summed E-state index contributed by atoms with van der Waals surface area (Å²) >= 11 is 0. The fourth-order valence-electron chi connectivity index (χ4n) is 2.61. The van der Waals surface area contributed by atoms with Crippen molar-refractivity contribution in [2.24, 2.45) is 14.1 Å². The molecule has 20 heavy (non-hydrogen) atoms. The normalized spacial score (nSPS) is 15.3. The standard InChI is InChI=1S/C14H19N5O/c1-10-15-7-12(17(10)2)9-19-5-4-13-11(8-19)6-14(20)18(3)16-13/h6-7H,4-5,8-9H2,1-3H3. The van der Waals surface area contributed by atoms with Crippen molar-refractivity contribution in [2.75, 3.05) is 6.54 Å². The molecular weight excluding hydrogens is 254 g/mol. The first-order valence-corrected chi connectivity index (χ1v) is 6.80. The molecular formula is C14H19N5O. The molecule has 0 aliphatic carbocycles. The summed E-state index contributed by atoms with van der Waals surface area (Å²) in [5.74, 6) is 1.02. The number of nitrogens with zero attached hydrogens (tertiary/aromatic N) is 5. The molecule has 0 spiro atoms. The van der Waals surface area contributed by atoms with Gasteiger partial charge in [0, 0.05) is 52.4 Å². The van der Waals surface area contributed by atoms with Crippen LogP contribution in [0.1, 0.15) is 22.8 Å². The van der Waals surface area contributed by atoms with E-state index in [4.69, 9.17) is 0 Å². The second-order valence-corrected chi connectivity index (χ2v) is 5.39. The van der Waals surface area contributed by atoms with Crippen molar-refractivity contribution in [3.63, 3.8) is 0 Å². The first-order chi connectivity index (χ1) is 9.54. The number of hydrogen-bond acceptors (Lipinski definition) is 4. The lowest BCUT2D eigenvalue weighted by atomic mass is 10.1. The Morgan fingerprint density at radius 2 is 2.15 bits per heavy atom. The van der Waals surface area contributed by atoms with Crippen LogP contribution in [-0.4, -0.2) is 30.8 Å². The predicted octanol–water partition coefficient (Wildman–Crippen LogP) is 0.381. The lowest BCUT2D eigenvalue weighted by Gasteiger charge is -2.28. The van der Waals surface area contributed by atoms with Crippen molar-refractivity contribution in [1.82, 2.24) is 24.2 Å². The molecule has 6 nitrogen and oxygen atoms in total. The zero-order valence-corrected chi connectivity index (χ0v) is 12.1. The molecule has 0 unspecified atom stereocenters. The lowest BCUT2D eigenvalue weighted by Crippen LogP contribution is -2.34. The van der Waals surface area contributed by atoms with E-state index in [9.17, 15) is 4.79 Å². The van der Waals surface area contributed by atoms with Crippen LogP contribution >= 0.6 is 0 Å². The fourth-order valence-corrected chi connectivity index (χ4v) is 2.61. The Bertz CT molecular complexity index is 700. The van der Waals surface area contributed by atoms with Gasteiger partial charge in [-0.05, 0) is 12.5 Å². The summed E-state index contributed by atoms with van der Waals surface area (Å²) in [7, 11) is 3.74. The smallest absolute Gasteiger partial charge is 0.266 e. The van der Waals surface area contributed by atoms with E-state index in [1.165, 1.54) is 10.4 Å². The lowest BCUT2D eigenvalue weighted by molar-refractivity contribution is 0.236. The summed E-state index contributed by atoms with van der Waals surface area (Å²) in [5, 5.41) is 4.34. The molecule has 0 aromatic carbocycles. The maximum atomic E-state index is 11.7. The van der Waals surface area contributed by atoms with Gasteiger partial charge in [-0.3, -0.25) is 9.69 Å². The fraction of sp³-hybridized carbons (Fsp3) is 0.500. The van der Waals surface area contributed by atoms with Crippen LogP contribution in [0.4, 0.5) is 0 Å². The number of fused-ring (bicyclic) bond motifs is 1. The molecule has 0 N–H and O–H groups in total. The van der Waals surface area contributed by atoms with Gasteiger partial charge in [0.15, 0.2) is 0 Å². The molecule has 106 valence electrons. The minimum Gasteiger partial charge on any atom is -0.334 e. The molecule has 6 heteroatoms. The molecule has 0 atom stereocenters. The van der Waals surface area contributed by atoms with Gasteiger partial charge in [0.2, 0.25) is 0 Å². The van der Waals surface area contributed by atoms with Crippen LogP contribution in [0.5, 0.6) is 0 Å². The van der Waals surface area contributed by atoms with Crippen LogP contribution in [-0.2, 0) is 33.6 Å². The SMILES string of the molecule is Cc1ncc(CN2CCc3nn(C)c(=O)cc3C2)n1C. The highest BCUT2D eigenvalue weighted by molar-refractivity contribution is 5.20. The molecule has 2 aromatic rings. The van der Waals surface area contributed by atoms with Gasteiger partial charge in [-0.2, -0.15) is 5.10 Å². The third-order valence-corrected chi connectivity index (χ3v) is 4.02. The minimum atomic E-state index is -0.0398. The Labute approximate surface area is 117 Å². The van der Waals surface area contributed by atoms with Crippen molar-refractivity contribution >= 4 is 0 Å². The van der Waals surface area contributed by atoms with Crippen molar-refractivity contribution in [3.05, 3.63) is 45.4 Å². The third kappa shape index (κ3) is 2.27. The van der Waals surface area contributed by atoms with Gasteiger partial charge in [-0.1, -0.05) is 0 Å². The van der Waals surface area contributed by atoms with Crippen LogP contribution in [0, 0.1) is 6.92 Å². The van der Waals surface area contributed by atoms with Crippen LogP contribution in [0.25, 0.3) is 0 Å². The van der Waals surface area contributed by atoms with E-state index < -0.39 is 0 Å². The monoisotopic (exact) mass is 273 g/mol. The highest BCUT2D eigenvalue weighted by Crippen LogP contribution is 2.17. The molecule has 3 rings (SSSR count). The Morgan fingerprint density at radius 1 is 1.35 bits per heavy atom. The number of hydrogen-bond donors (Lipinski definition) is 0. The summed E-state index contributed by atoms with van der Waals surface area (Å²) < 4.78 is 3.52. The van der Waals surface area contributed by atoms with Crippen LogP contribution in [0.2, 0.25) is 0 Å². The predicted molar refractivity (Wildman–Crippen MR) is 75.2 cm³/mol. The number of aryl methyl sites for hydroxylation is 2. The maximum Gasteiger partial charge on any atom is 0.266 e. The second-order valence-electron chi connectivity index (χ2n) is 5.39. The van der Waals surface area contributed by atoms with Crippen LogP contribution < -0.4 is 5.56 Å². The average molecular weight is 273 g/mol. The summed E-state index contributed by atoms with van der Waals surface area (Å²) in [6.07, 6.45) is 2.81. The first kappa shape index (κ1) is 13.1. The molecule has 0 radical (unpaired) electrons. The molecule has 2 aromatic heterocycles. The van der Waals surface area contributed by atoms with E-state index in [0.29, 0.717) is 0 Å². The van der Waals surface area contributed by atoms with Gasteiger partial charge in [-0.15, -0.1) is 0 Å². The van der Waals surface area contributed by atoms with Gasteiger partial charge in [-0.25, -0.2) is 9.67 Å². The Kier molecular flexibility index (Phi) is 3.17. The van der Waals surface area contributed by atoms with Crippen LogP contribution in [0.15, 0.2) is 17.1 Å².